The standard InChI is InChI=1S/C12H15NO2/c13-12(14)10-6-4-9(5-7-10)11-3-1-2-8-15-11/h4-7,11H,1-3,8H2,(H2,13,14)/t11-/m1/s1. The topological polar surface area (TPSA) is 52.3 Å². The van der Waals surface area contributed by atoms with Gasteiger partial charge in [0.15, 0.2) is 0 Å². The van der Waals surface area contributed by atoms with E-state index in [-0.39, 0.29) is 12.0 Å². The van der Waals surface area contributed by atoms with Crippen LogP contribution in [-0.4, -0.2) is 12.5 Å². The summed E-state index contributed by atoms with van der Waals surface area (Å²) in [7, 11) is 0. The molecular formula is C12H15NO2. The minimum absolute atomic E-state index is 0.195. The van der Waals surface area contributed by atoms with Crippen molar-refractivity contribution in [2.24, 2.45) is 5.73 Å². The molecule has 2 rings (SSSR count). The summed E-state index contributed by atoms with van der Waals surface area (Å²) in [6.45, 7) is 0.836. The molecule has 0 aliphatic carbocycles. The van der Waals surface area contributed by atoms with Crippen LogP contribution in [0.3, 0.4) is 0 Å². The van der Waals surface area contributed by atoms with Gasteiger partial charge in [-0.3, -0.25) is 4.79 Å². The first-order valence-electron chi connectivity index (χ1n) is 5.29. The summed E-state index contributed by atoms with van der Waals surface area (Å²) in [6.07, 6.45) is 3.62. The lowest BCUT2D eigenvalue weighted by molar-refractivity contribution is 0.0149. The molecular weight excluding hydrogens is 190 g/mol. The third-order valence-corrected chi connectivity index (χ3v) is 2.75. The second kappa shape index (κ2) is 4.45. The lowest BCUT2D eigenvalue weighted by Gasteiger charge is -2.22. The molecule has 3 nitrogen and oxygen atoms in total. The van der Waals surface area contributed by atoms with Gasteiger partial charge in [0.25, 0.3) is 0 Å². The molecule has 1 atom stereocenters. The molecule has 1 saturated heterocycles. The number of benzene rings is 1. The fourth-order valence-electron chi connectivity index (χ4n) is 1.87. The molecule has 3 heteroatoms. The molecule has 0 spiro atoms. The molecule has 2 N–H and O–H groups in total. The fraction of sp³-hybridized carbons (Fsp3) is 0.417. The van der Waals surface area contributed by atoms with E-state index in [0.717, 1.165) is 25.0 Å². The molecule has 1 aromatic carbocycles. The van der Waals surface area contributed by atoms with Crippen LogP contribution in [0.15, 0.2) is 24.3 Å². The molecule has 15 heavy (non-hydrogen) atoms. The van der Waals surface area contributed by atoms with Crippen molar-refractivity contribution in [2.75, 3.05) is 6.61 Å². The number of carbonyl (C=O) groups excluding carboxylic acids is 1. The normalized spacial score (nSPS) is 21.2. The van der Waals surface area contributed by atoms with Gasteiger partial charge in [-0.2, -0.15) is 0 Å². The summed E-state index contributed by atoms with van der Waals surface area (Å²) in [4.78, 5) is 10.9. The van der Waals surface area contributed by atoms with E-state index in [2.05, 4.69) is 0 Å². The Balaban J connectivity index is 2.11. The summed E-state index contributed by atoms with van der Waals surface area (Å²) in [5.74, 6) is -0.383. The zero-order valence-corrected chi connectivity index (χ0v) is 8.61. The Morgan fingerprint density at radius 2 is 2.00 bits per heavy atom. The van der Waals surface area contributed by atoms with Crippen LogP contribution in [0.25, 0.3) is 0 Å². The van der Waals surface area contributed by atoms with Crippen LogP contribution in [0.1, 0.15) is 41.3 Å². The zero-order valence-electron chi connectivity index (χ0n) is 8.61. The molecule has 0 unspecified atom stereocenters. The number of nitrogens with two attached hydrogens (primary N) is 1. The summed E-state index contributed by atoms with van der Waals surface area (Å²) in [5, 5.41) is 0. The van der Waals surface area contributed by atoms with Crippen molar-refractivity contribution in [3.8, 4) is 0 Å². The Kier molecular flexibility index (Phi) is 3.02. The van der Waals surface area contributed by atoms with E-state index in [0.29, 0.717) is 5.56 Å². The molecule has 1 fully saturated rings. The van der Waals surface area contributed by atoms with Crippen molar-refractivity contribution in [2.45, 2.75) is 25.4 Å². The molecule has 80 valence electrons. The summed E-state index contributed by atoms with van der Waals surface area (Å²) in [5.41, 5.74) is 6.86. The molecule has 0 radical (unpaired) electrons. The van der Waals surface area contributed by atoms with E-state index in [9.17, 15) is 4.79 Å². The van der Waals surface area contributed by atoms with Crippen molar-refractivity contribution in [3.63, 3.8) is 0 Å². The van der Waals surface area contributed by atoms with Crippen molar-refractivity contribution in [1.82, 2.24) is 0 Å². The van der Waals surface area contributed by atoms with Crippen LogP contribution < -0.4 is 5.73 Å². The first kappa shape index (κ1) is 10.2. The first-order valence-corrected chi connectivity index (χ1v) is 5.29. The van der Waals surface area contributed by atoms with Crippen LogP contribution in [0.2, 0.25) is 0 Å². The predicted octanol–water partition coefficient (Wildman–Crippen LogP) is 2.03. The highest BCUT2D eigenvalue weighted by Gasteiger charge is 2.15. The van der Waals surface area contributed by atoms with Crippen molar-refractivity contribution >= 4 is 5.91 Å². The van der Waals surface area contributed by atoms with E-state index >= 15 is 0 Å². The highest BCUT2D eigenvalue weighted by atomic mass is 16.5. The minimum Gasteiger partial charge on any atom is -0.374 e. The predicted molar refractivity (Wildman–Crippen MR) is 57.5 cm³/mol. The smallest absolute Gasteiger partial charge is 0.248 e. The maximum absolute atomic E-state index is 10.9. The van der Waals surface area contributed by atoms with Gasteiger partial charge in [0.1, 0.15) is 0 Å². The Labute approximate surface area is 89.2 Å². The lowest BCUT2D eigenvalue weighted by atomic mass is 10.0. The van der Waals surface area contributed by atoms with Crippen LogP contribution >= 0.6 is 0 Å². The average molecular weight is 205 g/mol. The number of hydrogen-bond acceptors (Lipinski definition) is 2. The highest BCUT2D eigenvalue weighted by molar-refractivity contribution is 5.92. The summed E-state index contributed by atoms with van der Waals surface area (Å²) >= 11 is 0. The Bertz CT molecular complexity index is 339. The highest BCUT2D eigenvalue weighted by Crippen LogP contribution is 2.27. The van der Waals surface area contributed by atoms with Gasteiger partial charge >= 0.3 is 0 Å². The molecule has 1 amide bonds. The largest absolute Gasteiger partial charge is 0.374 e. The summed E-state index contributed by atoms with van der Waals surface area (Å²) < 4.78 is 5.65. The SMILES string of the molecule is NC(=O)c1ccc([C@H]2CCCCO2)cc1. The van der Waals surface area contributed by atoms with Gasteiger partial charge in [-0.25, -0.2) is 0 Å². The molecule has 1 aliphatic heterocycles. The van der Waals surface area contributed by atoms with E-state index in [1.807, 2.05) is 12.1 Å². The summed E-state index contributed by atoms with van der Waals surface area (Å²) in [6, 6.07) is 7.37. The molecule has 1 aromatic rings. The van der Waals surface area contributed by atoms with E-state index < -0.39 is 0 Å². The zero-order chi connectivity index (χ0) is 10.7. The lowest BCUT2D eigenvalue weighted by Crippen LogP contribution is -2.13. The number of amides is 1. The quantitative estimate of drug-likeness (QED) is 0.803. The van der Waals surface area contributed by atoms with Crippen molar-refractivity contribution in [3.05, 3.63) is 35.4 Å². The van der Waals surface area contributed by atoms with Crippen LogP contribution in [0, 0.1) is 0 Å². The molecule has 0 bridgehead atoms. The van der Waals surface area contributed by atoms with Crippen molar-refractivity contribution < 1.29 is 9.53 Å². The number of primary amides is 1. The number of ether oxygens (including phenoxy) is 1. The fourth-order valence-corrected chi connectivity index (χ4v) is 1.87. The number of carbonyl (C=O) groups is 1. The van der Waals surface area contributed by atoms with E-state index in [1.54, 1.807) is 12.1 Å². The second-order valence-corrected chi connectivity index (χ2v) is 3.84. The van der Waals surface area contributed by atoms with Gasteiger partial charge in [-0.15, -0.1) is 0 Å². The maximum atomic E-state index is 10.9. The molecule has 1 aliphatic rings. The Morgan fingerprint density at radius 1 is 1.27 bits per heavy atom. The molecule has 0 saturated carbocycles. The third-order valence-electron chi connectivity index (χ3n) is 2.75. The van der Waals surface area contributed by atoms with E-state index in [1.165, 1.54) is 6.42 Å². The average Bonchev–Trinajstić information content (AvgIpc) is 2.30. The molecule has 0 aromatic heterocycles. The Morgan fingerprint density at radius 3 is 2.53 bits per heavy atom. The van der Waals surface area contributed by atoms with E-state index in [4.69, 9.17) is 10.5 Å². The third kappa shape index (κ3) is 2.36. The number of rotatable bonds is 2. The van der Waals surface area contributed by atoms with Crippen molar-refractivity contribution in [1.29, 1.82) is 0 Å². The Hall–Kier alpha value is -1.35. The van der Waals surface area contributed by atoms with Crippen LogP contribution in [0.5, 0.6) is 0 Å². The maximum Gasteiger partial charge on any atom is 0.248 e. The van der Waals surface area contributed by atoms with Gasteiger partial charge in [0.2, 0.25) is 5.91 Å². The van der Waals surface area contributed by atoms with Gasteiger partial charge in [-0.1, -0.05) is 12.1 Å². The monoisotopic (exact) mass is 205 g/mol. The van der Waals surface area contributed by atoms with Gasteiger partial charge in [0, 0.05) is 12.2 Å². The van der Waals surface area contributed by atoms with Crippen LogP contribution in [0.4, 0.5) is 0 Å². The van der Waals surface area contributed by atoms with Gasteiger partial charge < -0.3 is 10.5 Å². The second-order valence-electron chi connectivity index (χ2n) is 3.84. The molecule has 1 heterocycles. The minimum atomic E-state index is -0.383. The van der Waals surface area contributed by atoms with Crippen LogP contribution in [-0.2, 0) is 4.74 Å². The first-order chi connectivity index (χ1) is 7.27. The van der Waals surface area contributed by atoms with Gasteiger partial charge in [0.05, 0.1) is 6.10 Å². The van der Waals surface area contributed by atoms with Gasteiger partial charge in [-0.05, 0) is 37.0 Å². The number of hydrogen-bond donors (Lipinski definition) is 1.